The second-order valence-corrected chi connectivity index (χ2v) is 6.36. The Bertz CT molecular complexity index is 866. The number of aromatic nitrogens is 1. The van der Waals surface area contributed by atoms with Crippen molar-refractivity contribution < 1.29 is 4.79 Å². The summed E-state index contributed by atoms with van der Waals surface area (Å²) in [5.41, 5.74) is 3.49. The zero-order chi connectivity index (χ0) is 18.4. The third-order valence-electron chi connectivity index (χ3n) is 4.12. The molecule has 0 radical (unpaired) electrons. The Morgan fingerprint density at radius 1 is 1.04 bits per heavy atom. The van der Waals surface area contributed by atoms with Gasteiger partial charge in [0.1, 0.15) is 5.69 Å². The molecule has 0 saturated heterocycles. The van der Waals surface area contributed by atoms with E-state index in [2.05, 4.69) is 10.3 Å². The first-order chi connectivity index (χ1) is 12.6. The molecule has 0 saturated carbocycles. The van der Waals surface area contributed by atoms with E-state index in [4.69, 9.17) is 11.6 Å². The van der Waals surface area contributed by atoms with E-state index in [0.717, 1.165) is 23.4 Å². The molecule has 0 atom stereocenters. The number of benzene rings is 2. The third kappa shape index (κ3) is 4.61. The van der Waals surface area contributed by atoms with E-state index in [9.17, 15) is 4.79 Å². The van der Waals surface area contributed by atoms with Crippen molar-refractivity contribution in [2.24, 2.45) is 0 Å². The van der Waals surface area contributed by atoms with E-state index in [1.54, 1.807) is 12.3 Å². The van der Waals surface area contributed by atoms with E-state index in [1.807, 2.05) is 72.6 Å². The largest absolute Gasteiger partial charge is 0.350 e. The average molecular weight is 366 g/mol. The van der Waals surface area contributed by atoms with Crippen molar-refractivity contribution in [1.29, 1.82) is 0 Å². The van der Waals surface area contributed by atoms with Crippen LogP contribution in [-0.4, -0.2) is 24.5 Å². The number of hydrogen-bond acceptors (Lipinski definition) is 3. The molecular weight excluding hydrogens is 346 g/mol. The molecule has 1 N–H and O–H groups in total. The number of anilines is 2. The molecule has 1 heterocycles. The van der Waals surface area contributed by atoms with Gasteiger partial charge in [-0.25, -0.2) is 0 Å². The summed E-state index contributed by atoms with van der Waals surface area (Å²) < 4.78 is 0. The highest BCUT2D eigenvalue weighted by atomic mass is 35.5. The molecule has 2 aromatic carbocycles. The molecule has 0 fully saturated rings. The number of halogens is 1. The van der Waals surface area contributed by atoms with Crippen LogP contribution in [0.3, 0.4) is 0 Å². The Balaban J connectivity index is 1.62. The summed E-state index contributed by atoms with van der Waals surface area (Å²) in [7, 11) is 1.97. The number of para-hydroxylation sites is 1. The molecule has 5 heteroatoms. The van der Waals surface area contributed by atoms with Crippen LogP contribution in [0.5, 0.6) is 0 Å². The van der Waals surface area contributed by atoms with Gasteiger partial charge in [-0.3, -0.25) is 9.78 Å². The van der Waals surface area contributed by atoms with E-state index < -0.39 is 0 Å². The second-order valence-electron chi connectivity index (χ2n) is 5.93. The van der Waals surface area contributed by atoms with Gasteiger partial charge >= 0.3 is 0 Å². The van der Waals surface area contributed by atoms with Crippen molar-refractivity contribution in [3.8, 4) is 0 Å². The minimum absolute atomic E-state index is 0.178. The fourth-order valence-corrected chi connectivity index (χ4v) is 2.74. The summed E-state index contributed by atoms with van der Waals surface area (Å²) in [6.07, 6.45) is 2.40. The van der Waals surface area contributed by atoms with Crippen molar-refractivity contribution in [2.45, 2.75) is 6.42 Å². The molecule has 3 rings (SSSR count). The van der Waals surface area contributed by atoms with Crippen LogP contribution in [0, 0.1) is 0 Å². The summed E-state index contributed by atoms with van der Waals surface area (Å²) in [5, 5.41) is 3.62. The van der Waals surface area contributed by atoms with Crippen molar-refractivity contribution >= 4 is 28.9 Å². The Hall–Kier alpha value is -2.85. The number of carbonyl (C=O) groups is 1. The summed E-state index contributed by atoms with van der Waals surface area (Å²) in [6, 6.07) is 21.3. The molecule has 132 valence electrons. The van der Waals surface area contributed by atoms with Crippen LogP contribution in [0.2, 0.25) is 5.02 Å². The van der Waals surface area contributed by atoms with E-state index in [0.29, 0.717) is 17.3 Å². The number of carbonyl (C=O) groups excluding carboxylic acids is 1. The maximum absolute atomic E-state index is 12.4. The SMILES string of the molecule is CN(c1ccccc1)c1ccnc(C(=O)NCCc2ccc(Cl)cc2)c1. The molecule has 0 spiro atoms. The van der Waals surface area contributed by atoms with Crippen LogP contribution in [0.4, 0.5) is 11.4 Å². The minimum Gasteiger partial charge on any atom is -0.350 e. The van der Waals surface area contributed by atoms with Crippen LogP contribution in [0.25, 0.3) is 0 Å². The number of nitrogens with one attached hydrogen (secondary N) is 1. The van der Waals surface area contributed by atoms with Crippen LogP contribution >= 0.6 is 11.6 Å². The second kappa shape index (κ2) is 8.50. The minimum atomic E-state index is -0.178. The van der Waals surface area contributed by atoms with Crippen molar-refractivity contribution in [3.63, 3.8) is 0 Å². The molecule has 0 bridgehead atoms. The Kier molecular flexibility index (Phi) is 5.87. The summed E-state index contributed by atoms with van der Waals surface area (Å²) >= 11 is 5.88. The van der Waals surface area contributed by atoms with Crippen molar-refractivity contribution in [2.75, 3.05) is 18.5 Å². The molecule has 4 nitrogen and oxygen atoms in total. The highest BCUT2D eigenvalue weighted by Crippen LogP contribution is 2.23. The molecule has 0 aliphatic carbocycles. The molecule has 26 heavy (non-hydrogen) atoms. The number of hydrogen-bond donors (Lipinski definition) is 1. The third-order valence-corrected chi connectivity index (χ3v) is 4.37. The smallest absolute Gasteiger partial charge is 0.269 e. The van der Waals surface area contributed by atoms with Crippen LogP contribution in [0.1, 0.15) is 16.1 Å². The van der Waals surface area contributed by atoms with Gasteiger partial charge < -0.3 is 10.2 Å². The summed E-state index contributed by atoms with van der Waals surface area (Å²) in [6.45, 7) is 0.543. The molecule has 0 aliphatic heterocycles. The van der Waals surface area contributed by atoms with Gasteiger partial charge in [-0.1, -0.05) is 41.9 Å². The monoisotopic (exact) mass is 365 g/mol. The van der Waals surface area contributed by atoms with Gasteiger partial charge in [-0.15, -0.1) is 0 Å². The lowest BCUT2D eigenvalue weighted by Gasteiger charge is -2.19. The lowest BCUT2D eigenvalue weighted by molar-refractivity contribution is 0.0949. The van der Waals surface area contributed by atoms with Gasteiger partial charge in [0, 0.05) is 36.2 Å². The van der Waals surface area contributed by atoms with Crippen LogP contribution < -0.4 is 10.2 Å². The van der Waals surface area contributed by atoms with Gasteiger partial charge in [-0.05, 0) is 48.4 Å². The predicted octanol–water partition coefficient (Wildman–Crippen LogP) is 4.48. The molecule has 3 aromatic rings. The predicted molar refractivity (Wildman–Crippen MR) is 106 cm³/mol. The lowest BCUT2D eigenvalue weighted by Crippen LogP contribution is -2.26. The topological polar surface area (TPSA) is 45.2 Å². The molecular formula is C21H20ClN3O. The maximum atomic E-state index is 12.4. The van der Waals surface area contributed by atoms with E-state index in [1.165, 1.54) is 0 Å². The van der Waals surface area contributed by atoms with E-state index in [-0.39, 0.29) is 5.91 Å². The van der Waals surface area contributed by atoms with Gasteiger partial charge in [-0.2, -0.15) is 0 Å². The highest BCUT2D eigenvalue weighted by molar-refractivity contribution is 6.30. The Morgan fingerprint density at radius 2 is 1.77 bits per heavy atom. The van der Waals surface area contributed by atoms with Crippen molar-refractivity contribution in [1.82, 2.24) is 10.3 Å². The van der Waals surface area contributed by atoms with Gasteiger partial charge in [0.2, 0.25) is 0 Å². The highest BCUT2D eigenvalue weighted by Gasteiger charge is 2.10. The normalized spacial score (nSPS) is 10.4. The number of pyridine rings is 1. The standard InChI is InChI=1S/C21H20ClN3O/c1-25(18-5-3-2-4-6-18)19-12-14-23-20(15-19)21(26)24-13-11-16-7-9-17(22)10-8-16/h2-10,12,14-15H,11,13H2,1H3,(H,24,26). The summed E-state index contributed by atoms with van der Waals surface area (Å²) in [4.78, 5) is 18.6. The quantitative estimate of drug-likeness (QED) is 0.700. The first-order valence-electron chi connectivity index (χ1n) is 8.41. The van der Waals surface area contributed by atoms with Gasteiger partial charge in [0.25, 0.3) is 5.91 Å². The first kappa shape index (κ1) is 18.0. The fraction of sp³-hybridized carbons (Fsp3) is 0.143. The van der Waals surface area contributed by atoms with Crippen LogP contribution in [0.15, 0.2) is 72.9 Å². The number of rotatable bonds is 6. The van der Waals surface area contributed by atoms with Crippen molar-refractivity contribution in [3.05, 3.63) is 89.2 Å². The molecule has 0 unspecified atom stereocenters. The Morgan fingerprint density at radius 3 is 2.50 bits per heavy atom. The lowest BCUT2D eigenvalue weighted by atomic mass is 10.1. The fourth-order valence-electron chi connectivity index (χ4n) is 2.61. The zero-order valence-corrected chi connectivity index (χ0v) is 15.3. The number of amides is 1. The number of nitrogens with zero attached hydrogens (tertiary/aromatic N) is 2. The molecule has 1 amide bonds. The molecule has 0 aliphatic rings. The Labute approximate surface area is 158 Å². The summed E-state index contributed by atoms with van der Waals surface area (Å²) in [5.74, 6) is -0.178. The first-order valence-corrected chi connectivity index (χ1v) is 8.79. The average Bonchev–Trinajstić information content (AvgIpc) is 2.69. The van der Waals surface area contributed by atoms with Gasteiger partial charge in [0.05, 0.1) is 0 Å². The van der Waals surface area contributed by atoms with Crippen LogP contribution in [-0.2, 0) is 6.42 Å². The maximum Gasteiger partial charge on any atom is 0.269 e. The van der Waals surface area contributed by atoms with E-state index >= 15 is 0 Å². The molecule has 1 aromatic heterocycles. The van der Waals surface area contributed by atoms with Gasteiger partial charge in [0.15, 0.2) is 0 Å². The zero-order valence-electron chi connectivity index (χ0n) is 14.5.